The molecule has 1 rings (SSSR count). The first kappa shape index (κ1) is 12.5. The number of hydrogen-bond acceptors (Lipinski definition) is 4. The lowest BCUT2D eigenvalue weighted by atomic mass is 9.96. The van der Waals surface area contributed by atoms with E-state index in [1.54, 1.807) is 0 Å². The maximum Gasteiger partial charge on any atom is 0.312 e. The Morgan fingerprint density at radius 2 is 2.13 bits per heavy atom. The highest BCUT2D eigenvalue weighted by Crippen LogP contribution is 2.24. The van der Waals surface area contributed by atoms with Crippen LogP contribution < -0.4 is 0 Å². The molecule has 0 bridgehead atoms. The molecule has 0 radical (unpaired) electrons. The van der Waals surface area contributed by atoms with E-state index in [9.17, 15) is 4.79 Å². The summed E-state index contributed by atoms with van der Waals surface area (Å²) in [4.78, 5) is 13.8. The minimum atomic E-state index is -0.123. The van der Waals surface area contributed by atoms with Crippen LogP contribution in [0.25, 0.3) is 0 Å². The van der Waals surface area contributed by atoms with Gasteiger partial charge in [0, 0.05) is 13.2 Å². The maximum absolute atomic E-state index is 11.7. The van der Waals surface area contributed by atoms with Gasteiger partial charge in [0.25, 0.3) is 0 Å². The van der Waals surface area contributed by atoms with Crippen molar-refractivity contribution in [3.8, 4) is 0 Å². The lowest BCUT2D eigenvalue weighted by molar-refractivity contribution is -0.166. The summed E-state index contributed by atoms with van der Waals surface area (Å²) in [5.74, 6) is -0.244. The van der Waals surface area contributed by atoms with E-state index in [0.29, 0.717) is 13.2 Å². The number of likely N-dealkylation sites (tertiary alicyclic amines) is 1. The van der Waals surface area contributed by atoms with E-state index in [4.69, 9.17) is 9.47 Å². The summed E-state index contributed by atoms with van der Waals surface area (Å²) in [6, 6.07) is 0. The lowest BCUT2D eigenvalue weighted by Crippen LogP contribution is -2.48. The van der Waals surface area contributed by atoms with Crippen molar-refractivity contribution in [2.75, 3.05) is 26.8 Å². The van der Waals surface area contributed by atoms with Crippen LogP contribution in [0.3, 0.4) is 0 Å². The molecule has 1 saturated heterocycles. The molecular weight excluding hydrogens is 194 g/mol. The Kier molecular flexibility index (Phi) is 5.05. The van der Waals surface area contributed by atoms with Gasteiger partial charge in [-0.3, -0.25) is 9.69 Å². The topological polar surface area (TPSA) is 38.8 Å². The number of ether oxygens (including phenoxy) is 2. The molecular formula is C11H21NO3. The zero-order chi connectivity index (χ0) is 11.3. The molecule has 0 spiro atoms. The Morgan fingerprint density at radius 1 is 1.40 bits per heavy atom. The van der Waals surface area contributed by atoms with Crippen LogP contribution in [0.1, 0.15) is 26.7 Å². The molecule has 4 heteroatoms. The Hall–Kier alpha value is -0.610. The molecule has 0 N–H and O–H groups in total. The van der Waals surface area contributed by atoms with Crippen LogP contribution in [-0.4, -0.2) is 43.9 Å². The predicted octanol–water partition coefficient (Wildman–Crippen LogP) is 1.25. The highest BCUT2D eigenvalue weighted by Gasteiger charge is 2.35. The van der Waals surface area contributed by atoms with Crippen molar-refractivity contribution in [3.05, 3.63) is 0 Å². The zero-order valence-electron chi connectivity index (χ0n) is 9.86. The van der Waals surface area contributed by atoms with E-state index in [0.717, 1.165) is 19.4 Å². The molecule has 1 aliphatic heterocycles. The van der Waals surface area contributed by atoms with Crippen molar-refractivity contribution >= 4 is 5.97 Å². The van der Waals surface area contributed by atoms with Gasteiger partial charge in [0.2, 0.25) is 0 Å². The maximum atomic E-state index is 11.7. The SMILES string of the molecule is CCOC(=O)C1CCCN(C)C1OCC. The van der Waals surface area contributed by atoms with Crippen LogP contribution in [0.15, 0.2) is 0 Å². The number of nitrogens with zero attached hydrogens (tertiary/aromatic N) is 1. The standard InChI is InChI=1S/C11H21NO3/c1-4-14-10-9(11(13)15-5-2)7-6-8-12(10)3/h9-10H,4-8H2,1-3H3. The summed E-state index contributed by atoms with van der Waals surface area (Å²) in [7, 11) is 1.99. The number of piperidine rings is 1. The average Bonchev–Trinajstić information content (AvgIpc) is 2.21. The van der Waals surface area contributed by atoms with Crippen molar-refractivity contribution in [2.45, 2.75) is 32.9 Å². The van der Waals surface area contributed by atoms with Crippen molar-refractivity contribution in [2.24, 2.45) is 5.92 Å². The molecule has 0 aliphatic carbocycles. The van der Waals surface area contributed by atoms with Gasteiger partial charge in [0.15, 0.2) is 0 Å². The molecule has 1 fully saturated rings. The van der Waals surface area contributed by atoms with Gasteiger partial charge in [0.05, 0.1) is 12.5 Å². The van der Waals surface area contributed by atoms with Crippen LogP contribution >= 0.6 is 0 Å². The first-order valence-electron chi connectivity index (χ1n) is 5.69. The summed E-state index contributed by atoms with van der Waals surface area (Å²) in [5.41, 5.74) is 0. The summed E-state index contributed by atoms with van der Waals surface area (Å²) >= 11 is 0. The van der Waals surface area contributed by atoms with Crippen molar-refractivity contribution < 1.29 is 14.3 Å². The number of carbonyl (C=O) groups excluding carboxylic acids is 1. The molecule has 0 amide bonds. The fourth-order valence-corrected chi connectivity index (χ4v) is 2.04. The van der Waals surface area contributed by atoms with Crippen LogP contribution in [0.2, 0.25) is 0 Å². The largest absolute Gasteiger partial charge is 0.466 e. The number of rotatable bonds is 4. The van der Waals surface area contributed by atoms with Gasteiger partial charge in [0.1, 0.15) is 6.23 Å². The third-order valence-electron chi connectivity index (χ3n) is 2.73. The molecule has 0 saturated carbocycles. The third kappa shape index (κ3) is 3.18. The Morgan fingerprint density at radius 3 is 2.73 bits per heavy atom. The second kappa shape index (κ2) is 6.08. The summed E-state index contributed by atoms with van der Waals surface area (Å²) in [5, 5.41) is 0. The monoisotopic (exact) mass is 215 g/mol. The van der Waals surface area contributed by atoms with Gasteiger partial charge in [-0.15, -0.1) is 0 Å². The zero-order valence-corrected chi connectivity index (χ0v) is 9.86. The van der Waals surface area contributed by atoms with Crippen LogP contribution in [0.5, 0.6) is 0 Å². The fourth-order valence-electron chi connectivity index (χ4n) is 2.04. The normalized spacial score (nSPS) is 27.7. The van der Waals surface area contributed by atoms with E-state index < -0.39 is 0 Å². The smallest absolute Gasteiger partial charge is 0.312 e. The molecule has 1 heterocycles. The van der Waals surface area contributed by atoms with Crippen molar-refractivity contribution in [1.82, 2.24) is 4.90 Å². The van der Waals surface area contributed by atoms with Crippen molar-refractivity contribution in [3.63, 3.8) is 0 Å². The Bertz CT molecular complexity index is 208. The molecule has 2 unspecified atom stereocenters. The van der Waals surface area contributed by atoms with Crippen LogP contribution in [0, 0.1) is 5.92 Å². The molecule has 88 valence electrons. The number of esters is 1. The van der Waals surface area contributed by atoms with E-state index in [1.807, 2.05) is 20.9 Å². The van der Waals surface area contributed by atoms with Crippen molar-refractivity contribution in [1.29, 1.82) is 0 Å². The third-order valence-corrected chi connectivity index (χ3v) is 2.73. The minimum absolute atomic E-state index is 0.109. The molecule has 4 nitrogen and oxygen atoms in total. The molecule has 0 aromatic carbocycles. The Balaban J connectivity index is 2.61. The van der Waals surface area contributed by atoms with Gasteiger partial charge in [-0.25, -0.2) is 0 Å². The summed E-state index contributed by atoms with van der Waals surface area (Å²) in [6.07, 6.45) is 1.79. The van der Waals surface area contributed by atoms with E-state index >= 15 is 0 Å². The lowest BCUT2D eigenvalue weighted by Gasteiger charge is -2.37. The number of hydrogen-bond donors (Lipinski definition) is 0. The van der Waals surface area contributed by atoms with E-state index in [2.05, 4.69) is 4.90 Å². The quantitative estimate of drug-likeness (QED) is 0.662. The van der Waals surface area contributed by atoms with Crippen LogP contribution in [-0.2, 0) is 14.3 Å². The van der Waals surface area contributed by atoms with Gasteiger partial charge in [-0.1, -0.05) is 0 Å². The van der Waals surface area contributed by atoms with Crippen LogP contribution in [0.4, 0.5) is 0 Å². The second-order valence-corrected chi connectivity index (χ2v) is 3.83. The molecule has 0 aromatic heterocycles. The second-order valence-electron chi connectivity index (χ2n) is 3.83. The van der Waals surface area contributed by atoms with Gasteiger partial charge in [-0.05, 0) is 33.7 Å². The predicted molar refractivity (Wildman–Crippen MR) is 57.4 cm³/mol. The molecule has 0 aromatic rings. The highest BCUT2D eigenvalue weighted by molar-refractivity contribution is 5.73. The Labute approximate surface area is 91.5 Å². The minimum Gasteiger partial charge on any atom is -0.466 e. The van der Waals surface area contributed by atoms with Gasteiger partial charge >= 0.3 is 5.97 Å². The van der Waals surface area contributed by atoms with E-state index in [1.165, 1.54) is 0 Å². The summed E-state index contributed by atoms with van der Waals surface area (Å²) < 4.78 is 10.7. The highest BCUT2D eigenvalue weighted by atomic mass is 16.5. The van der Waals surface area contributed by atoms with Gasteiger partial charge < -0.3 is 9.47 Å². The summed E-state index contributed by atoms with van der Waals surface area (Å²) in [6.45, 7) is 5.84. The number of carbonyl (C=O) groups is 1. The first-order chi connectivity index (χ1) is 7.20. The molecule has 1 aliphatic rings. The fraction of sp³-hybridized carbons (Fsp3) is 0.909. The molecule has 15 heavy (non-hydrogen) atoms. The first-order valence-corrected chi connectivity index (χ1v) is 5.69. The van der Waals surface area contributed by atoms with Gasteiger partial charge in [-0.2, -0.15) is 0 Å². The molecule has 2 atom stereocenters. The average molecular weight is 215 g/mol. The van der Waals surface area contributed by atoms with E-state index in [-0.39, 0.29) is 18.1 Å².